The number of nitrogens with two attached hydrogens (primary N) is 1. The highest BCUT2D eigenvalue weighted by molar-refractivity contribution is 6.02. The minimum absolute atomic E-state index is 0.00903. The van der Waals surface area contributed by atoms with E-state index >= 15 is 0 Å². The summed E-state index contributed by atoms with van der Waals surface area (Å²) in [4.78, 5) is 24.3. The van der Waals surface area contributed by atoms with E-state index in [0.717, 1.165) is 12.8 Å². The normalized spacial score (nSPS) is 32.3. The van der Waals surface area contributed by atoms with E-state index in [1.165, 1.54) is 0 Å². The van der Waals surface area contributed by atoms with Crippen LogP contribution in [0.25, 0.3) is 0 Å². The first-order chi connectivity index (χ1) is 8.36. The third-order valence-electron chi connectivity index (χ3n) is 4.16. The Morgan fingerprint density at radius 1 is 1.39 bits per heavy atom. The Morgan fingerprint density at radius 2 is 2.00 bits per heavy atom. The Labute approximate surface area is 109 Å². The van der Waals surface area contributed by atoms with Crippen LogP contribution < -0.4 is 5.73 Å². The second-order valence-electron chi connectivity index (χ2n) is 5.79. The smallest absolute Gasteiger partial charge is 0.321 e. The van der Waals surface area contributed by atoms with Crippen LogP contribution in [0.1, 0.15) is 47.0 Å². The molecule has 1 amide bonds. The highest BCUT2D eigenvalue weighted by Gasteiger charge is 2.55. The highest BCUT2D eigenvalue weighted by atomic mass is 16.5. The van der Waals surface area contributed by atoms with E-state index in [2.05, 4.69) is 6.92 Å². The molecular weight excluding hydrogens is 230 g/mol. The second kappa shape index (κ2) is 5.72. The summed E-state index contributed by atoms with van der Waals surface area (Å²) in [6.07, 6.45) is 2.42. The van der Waals surface area contributed by atoms with Gasteiger partial charge in [-0.1, -0.05) is 27.2 Å². The van der Waals surface area contributed by atoms with Crippen LogP contribution in [0.15, 0.2) is 0 Å². The van der Waals surface area contributed by atoms with Gasteiger partial charge >= 0.3 is 5.97 Å². The van der Waals surface area contributed by atoms with Crippen molar-refractivity contribution in [3.8, 4) is 0 Å². The molecule has 18 heavy (non-hydrogen) atoms. The van der Waals surface area contributed by atoms with Gasteiger partial charge in [0.2, 0.25) is 5.91 Å². The van der Waals surface area contributed by atoms with E-state index in [1.807, 2.05) is 13.8 Å². The predicted molar refractivity (Wildman–Crippen MR) is 69.6 cm³/mol. The summed E-state index contributed by atoms with van der Waals surface area (Å²) in [7, 11) is 0. The van der Waals surface area contributed by atoms with Crippen molar-refractivity contribution in [1.82, 2.24) is 0 Å². The van der Waals surface area contributed by atoms with Crippen LogP contribution in [0.4, 0.5) is 0 Å². The minimum atomic E-state index is -1.12. The SMILES string of the molecule is CCOC(=O)C1(C(N)=O)CC(C)CCC1C(C)C. The number of esters is 1. The molecule has 1 fully saturated rings. The molecule has 3 unspecified atom stereocenters. The Balaban J connectivity index is 3.17. The largest absolute Gasteiger partial charge is 0.465 e. The summed E-state index contributed by atoms with van der Waals surface area (Å²) in [5.74, 6) is -0.384. The zero-order valence-electron chi connectivity index (χ0n) is 11.9. The summed E-state index contributed by atoms with van der Waals surface area (Å²) in [5.41, 5.74) is 4.46. The highest BCUT2D eigenvalue weighted by Crippen LogP contribution is 2.48. The van der Waals surface area contributed by atoms with E-state index in [1.54, 1.807) is 6.92 Å². The van der Waals surface area contributed by atoms with Gasteiger partial charge in [-0.15, -0.1) is 0 Å². The molecule has 1 aliphatic carbocycles. The first-order valence-corrected chi connectivity index (χ1v) is 6.83. The Hall–Kier alpha value is -1.06. The number of ether oxygens (including phenoxy) is 1. The first-order valence-electron chi connectivity index (χ1n) is 6.83. The van der Waals surface area contributed by atoms with Crippen molar-refractivity contribution in [2.24, 2.45) is 28.9 Å². The lowest BCUT2D eigenvalue weighted by molar-refractivity contribution is -0.170. The fraction of sp³-hybridized carbons (Fsp3) is 0.857. The van der Waals surface area contributed by atoms with Gasteiger partial charge in [0.05, 0.1) is 6.61 Å². The Kier molecular flexibility index (Phi) is 4.77. The molecule has 3 atom stereocenters. The number of amides is 1. The lowest BCUT2D eigenvalue weighted by atomic mass is 9.59. The van der Waals surface area contributed by atoms with Crippen molar-refractivity contribution in [2.45, 2.75) is 47.0 Å². The molecule has 0 radical (unpaired) electrons. The maximum absolute atomic E-state index is 12.3. The molecule has 0 aromatic carbocycles. The van der Waals surface area contributed by atoms with Crippen LogP contribution in [0, 0.1) is 23.2 Å². The van der Waals surface area contributed by atoms with Crippen LogP contribution in [-0.2, 0) is 14.3 Å². The average Bonchev–Trinajstić information content (AvgIpc) is 2.28. The zero-order chi connectivity index (χ0) is 13.9. The summed E-state index contributed by atoms with van der Waals surface area (Å²) < 4.78 is 5.14. The molecule has 1 aliphatic rings. The Bertz CT molecular complexity index is 327. The summed E-state index contributed by atoms with van der Waals surface area (Å²) in [6.45, 7) is 8.18. The van der Waals surface area contributed by atoms with Crippen molar-refractivity contribution in [3.05, 3.63) is 0 Å². The van der Waals surface area contributed by atoms with Crippen LogP contribution in [-0.4, -0.2) is 18.5 Å². The van der Waals surface area contributed by atoms with Crippen molar-refractivity contribution in [2.75, 3.05) is 6.61 Å². The van der Waals surface area contributed by atoms with E-state index in [-0.39, 0.29) is 18.4 Å². The maximum Gasteiger partial charge on any atom is 0.321 e. The van der Waals surface area contributed by atoms with Crippen LogP contribution in [0.2, 0.25) is 0 Å². The van der Waals surface area contributed by atoms with Gasteiger partial charge in [-0.25, -0.2) is 0 Å². The lowest BCUT2D eigenvalue weighted by Gasteiger charge is -2.43. The molecule has 0 heterocycles. The number of hydrogen-bond acceptors (Lipinski definition) is 3. The molecule has 2 N–H and O–H groups in total. The number of carbonyl (C=O) groups is 2. The van der Waals surface area contributed by atoms with Gasteiger partial charge in [-0.05, 0) is 37.5 Å². The van der Waals surface area contributed by atoms with Crippen molar-refractivity contribution in [1.29, 1.82) is 0 Å². The Morgan fingerprint density at radius 3 is 2.44 bits per heavy atom. The van der Waals surface area contributed by atoms with E-state index < -0.39 is 17.3 Å². The number of carbonyl (C=O) groups excluding carboxylic acids is 2. The van der Waals surface area contributed by atoms with Gasteiger partial charge in [0.1, 0.15) is 5.41 Å². The standard InChI is InChI=1S/C14H25NO3/c1-5-18-13(17)14(12(15)16)8-10(4)6-7-11(14)9(2)3/h9-11H,5-8H2,1-4H3,(H2,15,16). The molecule has 0 bridgehead atoms. The fourth-order valence-electron chi connectivity index (χ4n) is 3.29. The van der Waals surface area contributed by atoms with Crippen molar-refractivity contribution < 1.29 is 14.3 Å². The van der Waals surface area contributed by atoms with Gasteiger partial charge in [-0.3, -0.25) is 9.59 Å². The molecule has 4 nitrogen and oxygen atoms in total. The molecule has 104 valence electrons. The minimum Gasteiger partial charge on any atom is -0.465 e. The van der Waals surface area contributed by atoms with Crippen LogP contribution >= 0.6 is 0 Å². The molecule has 0 spiro atoms. The molecule has 4 heteroatoms. The second-order valence-corrected chi connectivity index (χ2v) is 5.79. The number of hydrogen-bond donors (Lipinski definition) is 1. The summed E-state index contributed by atoms with van der Waals surface area (Å²) in [5, 5.41) is 0. The summed E-state index contributed by atoms with van der Waals surface area (Å²) in [6, 6.07) is 0. The quantitative estimate of drug-likeness (QED) is 0.618. The molecule has 0 saturated heterocycles. The number of rotatable bonds is 4. The molecule has 1 rings (SSSR count). The van der Waals surface area contributed by atoms with Gasteiger partial charge < -0.3 is 10.5 Å². The summed E-state index contributed by atoms with van der Waals surface area (Å²) >= 11 is 0. The average molecular weight is 255 g/mol. The lowest BCUT2D eigenvalue weighted by Crippen LogP contribution is -2.54. The predicted octanol–water partition coefficient (Wildman–Crippen LogP) is 2.11. The van der Waals surface area contributed by atoms with E-state index in [9.17, 15) is 9.59 Å². The topological polar surface area (TPSA) is 69.4 Å². The van der Waals surface area contributed by atoms with E-state index in [0.29, 0.717) is 12.3 Å². The van der Waals surface area contributed by atoms with Crippen molar-refractivity contribution >= 4 is 11.9 Å². The molecule has 0 aromatic heterocycles. The fourth-order valence-corrected chi connectivity index (χ4v) is 3.29. The maximum atomic E-state index is 12.3. The molecule has 0 aromatic rings. The molecule has 1 saturated carbocycles. The van der Waals surface area contributed by atoms with Crippen LogP contribution in [0.5, 0.6) is 0 Å². The molecular formula is C14H25NO3. The van der Waals surface area contributed by atoms with Gasteiger partial charge in [0.25, 0.3) is 0 Å². The number of primary amides is 1. The third-order valence-corrected chi connectivity index (χ3v) is 4.16. The van der Waals surface area contributed by atoms with Gasteiger partial charge in [-0.2, -0.15) is 0 Å². The monoisotopic (exact) mass is 255 g/mol. The molecule has 0 aliphatic heterocycles. The van der Waals surface area contributed by atoms with Gasteiger partial charge in [0, 0.05) is 0 Å². The zero-order valence-corrected chi connectivity index (χ0v) is 11.9. The van der Waals surface area contributed by atoms with Crippen molar-refractivity contribution in [3.63, 3.8) is 0 Å². The van der Waals surface area contributed by atoms with Crippen LogP contribution in [0.3, 0.4) is 0 Å². The van der Waals surface area contributed by atoms with Gasteiger partial charge in [0.15, 0.2) is 0 Å². The first kappa shape index (κ1) is 15.0. The third kappa shape index (κ3) is 2.52. The van der Waals surface area contributed by atoms with E-state index in [4.69, 9.17) is 10.5 Å².